The third kappa shape index (κ3) is 3.68. The molecule has 8 heteroatoms. The second-order valence-corrected chi connectivity index (χ2v) is 5.49. The third-order valence-corrected chi connectivity index (χ3v) is 3.73. The van der Waals surface area contributed by atoms with Gasteiger partial charge in [0.25, 0.3) is 5.91 Å². The van der Waals surface area contributed by atoms with E-state index in [4.69, 9.17) is 9.15 Å². The zero-order valence-corrected chi connectivity index (χ0v) is 13.9. The Bertz CT molecular complexity index is 885. The van der Waals surface area contributed by atoms with E-state index in [1.165, 1.54) is 6.26 Å². The molecule has 0 aliphatic rings. The zero-order chi connectivity index (χ0) is 17.8. The number of amides is 1. The molecular weight excluding hydrogens is 324 g/mol. The number of nitrogens with zero attached hydrogens (tertiary/aromatic N) is 3. The summed E-state index contributed by atoms with van der Waals surface area (Å²) in [5.41, 5.74) is 1.76. The molecule has 1 aromatic carbocycles. The average Bonchev–Trinajstić information content (AvgIpc) is 3.28. The van der Waals surface area contributed by atoms with Gasteiger partial charge in [-0.15, -0.1) is 5.10 Å². The van der Waals surface area contributed by atoms with Gasteiger partial charge in [-0.25, -0.2) is 9.48 Å². The average molecular weight is 342 g/mol. The molecular formula is C17H18N4O4. The van der Waals surface area contributed by atoms with E-state index in [9.17, 15) is 9.59 Å². The summed E-state index contributed by atoms with van der Waals surface area (Å²) in [4.78, 5) is 24.0. The van der Waals surface area contributed by atoms with Gasteiger partial charge in [0.05, 0.1) is 23.4 Å². The quantitative estimate of drug-likeness (QED) is 0.689. The molecule has 0 aliphatic carbocycles. The predicted octanol–water partition coefficient (Wildman–Crippen LogP) is 2.08. The molecule has 3 aromatic rings. The number of benzene rings is 1. The van der Waals surface area contributed by atoms with Gasteiger partial charge < -0.3 is 14.5 Å². The number of hydrogen-bond acceptors (Lipinski definition) is 6. The van der Waals surface area contributed by atoms with E-state index in [0.717, 1.165) is 5.52 Å². The highest BCUT2D eigenvalue weighted by atomic mass is 16.5. The Kier molecular flexibility index (Phi) is 4.78. The number of ether oxygens (including phenoxy) is 1. The van der Waals surface area contributed by atoms with Gasteiger partial charge in [-0.1, -0.05) is 5.21 Å². The van der Waals surface area contributed by atoms with Crippen molar-refractivity contribution >= 4 is 22.9 Å². The van der Waals surface area contributed by atoms with E-state index in [2.05, 4.69) is 15.6 Å². The number of hydrogen-bond donors (Lipinski definition) is 1. The molecule has 1 atom stereocenters. The maximum Gasteiger partial charge on any atom is 0.338 e. The number of aromatic nitrogens is 3. The van der Waals surface area contributed by atoms with Crippen LogP contribution in [0.3, 0.4) is 0 Å². The lowest BCUT2D eigenvalue weighted by Gasteiger charge is -2.11. The summed E-state index contributed by atoms with van der Waals surface area (Å²) < 4.78 is 12.0. The smallest absolute Gasteiger partial charge is 0.338 e. The van der Waals surface area contributed by atoms with Crippen molar-refractivity contribution in [2.24, 2.45) is 0 Å². The van der Waals surface area contributed by atoms with Crippen molar-refractivity contribution < 1.29 is 18.7 Å². The fourth-order valence-corrected chi connectivity index (χ4v) is 2.44. The molecule has 3 rings (SSSR count). The summed E-state index contributed by atoms with van der Waals surface area (Å²) in [6.45, 7) is 4.06. The van der Waals surface area contributed by atoms with E-state index in [1.807, 2.05) is 6.92 Å². The van der Waals surface area contributed by atoms with Crippen LogP contribution in [0, 0.1) is 0 Å². The van der Waals surface area contributed by atoms with Crippen LogP contribution in [0.5, 0.6) is 0 Å². The third-order valence-electron chi connectivity index (χ3n) is 3.73. The minimum atomic E-state index is -0.589. The molecule has 25 heavy (non-hydrogen) atoms. The normalized spacial score (nSPS) is 12.1. The van der Waals surface area contributed by atoms with Gasteiger partial charge >= 0.3 is 5.97 Å². The second-order valence-electron chi connectivity index (χ2n) is 5.49. The highest BCUT2D eigenvalue weighted by molar-refractivity contribution is 5.94. The van der Waals surface area contributed by atoms with Crippen LogP contribution in [-0.4, -0.2) is 33.5 Å². The van der Waals surface area contributed by atoms with Crippen LogP contribution in [0.15, 0.2) is 41.0 Å². The molecule has 1 amide bonds. The summed E-state index contributed by atoms with van der Waals surface area (Å²) in [6.07, 6.45) is 1.53. The van der Waals surface area contributed by atoms with Crippen LogP contribution in [0.25, 0.3) is 11.0 Å². The number of nitrogens with one attached hydrogen (secondary N) is 1. The Balaban J connectivity index is 1.57. The van der Waals surface area contributed by atoms with Crippen molar-refractivity contribution in [2.75, 3.05) is 6.61 Å². The van der Waals surface area contributed by atoms with Crippen LogP contribution in [0.1, 0.15) is 36.0 Å². The first kappa shape index (κ1) is 16.7. The second kappa shape index (κ2) is 7.16. The molecule has 1 N–H and O–H groups in total. The van der Waals surface area contributed by atoms with Crippen molar-refractivity contribution in [3.8, 4) is 0 Å². The van der Waals surface area contributed by atoms with Crippen LogP contribution >= 0.6 is 0 Å². The van der Waals surface area contributed by atoms with Gasteiger partial charge in [-0.05, 0) is 44.2 Å². The van der Waals surface area contributed by atoms with Gasteiger partial charge in [-0.2, -0.15) is 0 Å². The van der Waals surface area contributed by atoms with Crippen molar-refractivity contribution in [3.63, 3.8) is 0 Å². The molecule has 0 fully saturated rings. The van der Waals surface area contributed by atoms with Crippen molar-refractivity contribution in [1.29, 1.82) is 0 Å². The largest absolute Gasteiger partial charge is 0.467 e. The lowest BCUT2D eigenvalue weighted by Crippen LogP contribution is -2.30. The van der Waals surface area contributed by atoms with Crippen LogP contribution < -0.4 is 5.32 Å². The number of aryl methyl sites for hydroxylation is 1. The number of fused-ring (bicyclic) bond motifs is 1. The van der Waals surface area contributed by atoms with Crippen molar-refractivity contribution in [3.05, 3.63) is 47.9 Å². The molecule has 0 saturated carbocycles. The SMILES string of the molecule is CCn1nnc2cc(C(=O)OCC(=O)N[C@H](C)c3ccco3)ccc21. The first-order chi connectivity index (χ1) is 12.1. The van der Waals surface area contributed by atoms with Crippen molar-refractivity contribution in [2.45, 2.75) is 26.4 Å². The summed E-state index contributed by atoms with van der Waals surface area (Å²) in [5.74, 6) is -0.367. The molecule has 0 aliphatic heterocycles. The molecule has 2 heterocycles. The number of carbonyl (C=O) groups is 2. The number of carbonyl (C=O) groups excluding carboxylic acids is 2. The number of furan rings is 1. The Hall–Kier alpha value is -3.16. The number of rotatable bonds is 6. The van der Waals surface area contributed by atoms with Gasteiger partial charge in [0.1, 0.15) is 11.3 Å². The Labute approximate surface area is 143 Å². The Morgan fingerprint density at radius 2 is 2.20 bits per heavy atom. The minimum Gasteiger partial charge on any atom is -0.467 e. The topological polar surface area (TPSA) is 99.3 Å². The maximum absolute atomic E-state index is 12.1. The monoisotopic (exact) mass is 342 g/mol. The molecule has 0 unspecified atom stereocenters. The van der Waals surface area contributed by atoms with Crippen molar-refractivity contribution in [1.82, 2.24) is 20.3 Å². The highest BCUT2D eigenvalue weighted by Crippen LogP contribution is 2.15. The lowest BCUT2D eigenvalue weighted by atomic mass is 10.2. The Morgan fingerprint density at radius 1 is 1.36 bits per heavy atom. The molecule has 8 nitrogen and oxygen atoms in total. The van der Waals surface area contributed by atoms with Gasteiger partial charge in [0, 0.05) is 6.54 Å². The standard InChI is InChI=1S/C17H18N4O4/c1-3-21-14-7-6-12(9-13(14)19-20-21)17(23)25-10-16(22)18-11(2)15-5-4-8-24-15/h4-9,11H,3,10H2,1-2H3,(H,18,22)/t11-/m1/s1. The van der Waals surface area contributed by atoms with E-state index in [0.29, 0.717) is 23.4 Å². The van der Waals surface area contributed by atoms with E-state index < -0.39 is 11.9 Å². The van der Waals surface area contributed by atoms with Gasteiger partial charge in [0.15, 0.2) is 6.61 Å². The van der Waals surface area contributed by atoms with Crippen LogP contribution in [0.2, 0.25) is 0 Å². The van der Waals surface area contributed by atoms with E-state index in [-0.39, 0.29) is 12.6 Å². The molecule has 0 saturated heterocycles. The van der Waals surface area contributed by atoms with Crippen LogP contribution in [0.4, 0.5) is 0 Å². The summed E-state index contributed by atoms with van der Waals surface area (Å²) in [6, 6.07) is 8.18. The zero-order valence-electron chi connectivity index (χ0n) is 13.9. The fourth-order valence-electron chi connectivity index (χ4n) is 2.44. The minimum absolute atomic E-state index is 0.304. The fraction of sp³-hybridized carbons (Fsp3) is 0.294. The molecule has 2 aromatic heterocycles. The molecule has 130 valence electrons. The maximum atomic E-state index is 12.1. The van der Waals surface area contributed by atoms with Gasteiger partial charge in [0.2, 0.25) is 0 Å². The summed E-state index contributed by atoms with van der Waals surface area (Å²) >= 11 is 0. The summed E-state index contributed by atoms with van der Waals surface area (Å²) in [7, 11) is 0. The van der Waals surface area contributed by atoms with Crippen LogP contribution in [-0.2, 0) is 16.1 Å². The molecule has 0 spiro atoms. The molecule has 0 bridgehead atoms. The lowest BCUT2D eigenvalue weighted by molar-refractivity contribution is -0.125. The van der Waals surface area contributed by atoms with E-state index >= 15 is 0 Å². The predicted molar refractivity (Wildman–Crippen MR) is 88.8 cm³/mol. The number of esters is 1. The first-order valence-electron chi connectivity index (χ1n) is 7.91. The summed E-state index contributed by atoms with van der Waals surface area (Å²) in [5, 5.41) is 10.7. The first-order valence-corrected chi connectivity index (χ1v) is 7.91. The van der Waals surface area contributed by atoms with E-state index in [1.54, 1.807) is 41.9 Å². The van der Waals surface area contributed by atoms with Gasteiger partial charge in [-0.3, -0.25) is 4.79 Å². The Morgan fingerprint density at radius 3 is 2.92 bits per heavy atom. The molecule has 0 radical (unpaired) electrons. The highest BCUT2D eigenvalue weighted by Gasteiger charge is 2.15.